The zero-order valence-corrected chi connectivity index (χ0v) is 14.9. The molecule has 0 spiro atoms. The van der Waals surface area contributed by atoms with E-state index in [0.717, 1.165) is 36.1 Å². The average molecular weight is 344 g/mol. The quantitative estimate of drug-likeness (QED) is 0.574. The summed E-state index contributed by atoms with van der Waals surface area (Å²) in [5, 5.41) is 0. The van der Waals surface area contributed by atoms with Gasteiger partial charge in [0.2, 0.25) is 0 Å². The van der Waals surface area contributed by atoms with Crippen LogP contribution in [0.25, 0.3) is 0 Å². The summed E-state index contributed by atoms with van der Waals surface area (Å²) in [7, 11) is 0. The first kappa shape index (κ1) is 17.0. The van der Waals surface area contributed by atoms with Crippen LogP contribution in [-0.2, 0) is 15.1 Å². The molecule has 4 rings (SSSR count). The Hall–Kier alpha value is -2.42. The van der Waals surface area contributed by atoms with Crippen LogP contribution < -0.4 is 0 Å². The Kier molecular flexibility index (Phi) is 5.14. The molecule has 0 aromatic heterocycles. The second-order valence-corrected chi connectivity index (χ2v) is 6.73. The molecular formula is C24H24O2. The number of ether oxygens (including phenoxy) is 2. The first-order valence-electron chi connectivity index (χ1n) is 9.32. The number of benzene rings is 3. The number of rotatable bonds is 6. The second-order valence-electron chi connectivity index (χ2n) is 6.73. The van der Waals surface area contributed by atoms with Gasteiger partial charge in [-0.25, -0.2) is 0 Å². The number of hydrogen-bond acceptors (Lipinski definition) is 2. The standard InChI is InChI=1S/C24H24O2/c1-4-11-20(12-5-1)24(21-13-6-2-7-14-21,22-15-8-3-9-16-22)26-19-23-17-10-18-25-23/h1-9,11-16,23H,10,17-19H2. The van der Waals surface area contributed by atoms with Gasteiger partial charge in [0.25, 0.3) is 0 Å². The molecule has 0 N–H and O–H groups in total. The van der Waals surface area contributed by atoms with Crippen LogP contribution in [-0.4, -0.2) is 19.3 Å². The van der Waals surface area contributed by atoms with E-state index < -0.39 is 5.60 Å². The lowest BCUT2D eigenvalue weighted by Gasteiger charge is -2.36. The van der Waals surface area contributed by atoms with E-state index in [1.54, 1.807) is 0 Å². The third-order valence-corrected chi connectivity index (χ3v) is 5.05. The van der Waals surface area contributed by atoms with Crippen LogP contribution in [0.3, 0.4) is 0 Å². The fourth-order valence-electron chi connectivity index (χ4n) is 3.76. The third kappa shape index (κ3) is 3.31. The Labute approximate surface area is 155 Å². The van der Waals surface area contributed by atoms with Gasteiger partial charge in [0.1, 0.15) is 5.60 Å². The average Bonchev–Trinajstić information content (AvgIpc) is 3.25. The highest BCUT2D eigenvalue weighted by Gasteiger charge is 2.38. The molecule has 3 aromatic carbocycles. The van der Waals surface area contributed by atoms with Crippen molar-refractivity contribution in [3.63, 3.8) is 0 Å². The topological polar surface area (TPSA) is 18.5 Å². The molecule has 1 atom stereocenters. The molecule has 1 unspecified atom stereocenters. The van der Waals surface area contributed by atoms with Crippen molar-refractivity contribution in [3.05, 3.63) is 108 Å². The lowest BCUT2D eigenvalue weighted by Crippen LogP contribution is -2.35. The zero-order valence-electron chi connectivity index (χ0n) is 14.9. The van der Waals surface area contributed by atoms with Crippen LogP contribution >= 0.6 is 0 Å². The van der Waals surface area contributed by atoms with Crippen molar-refractivity contribution in [3.8, 4) is 0 Å². The molecule has 132 valence electrons. The first-order valence-corrected chi connectivity index (χ1v) is 9.32. The molecule has 1 aliphatic rings. The normalized spacial score (nSPS) is 17.3. The SMILES string of the molecule is c1ccc(C(OCC2CCCO2)(c2ccccc2)c2ccccc2)cc1. The smallest absolute Gasteiger partial charge is 0.143 e. The summed E-state index contributed by atoms with van der Waals surface area (Å²) in [6.07, 6.45) is 2.35. The van der Waals surface area contributed by atoms with Crippen molar-refractivity contribution < 1.29 is 9.47 Å². The van der Waals surface area contributed by atoms with E-state index in [2.05, 4.69) is 72.8 Å². The van der Waals surface area contributed by atoms with Gasteiger partial charge in [-0.1, -0.05) is 91.0 Å². The molecule has 2 heteroatoms. The maximum atomic E-state index is 6.75. The Morgan fingerprint density at radius 2 is 1.19 bits per heavy atom. The number of hydrogen-bond donors (Lipinski definition) is 0. The van der Waals surface area contributed by atoms with Crippen LogP contribution in [0.4, 0.5) is 0 Å². The molecule has 26 heavy (non-hydrogen) atoms. The Morgan fingerprint density at radius 1 is 0.731 bits per heavy atom. The van der Waals surface area contributed by atoms with Crippen LogP contribution in [0.15, 0.2) is 91.0 Å². The third-order valence-electron chi connectivity index (χ3n) is 5.05. The minimum absolute atomic E-state index is 0.172. The van der Waals surface area contributed by atoms with Gasteiger partial charge in [-0.2, -0.15) is 0 Å². The molecule has 0 radical (unpaired) electrons. The highest BCUT2D eigenvalue weighted by molar-refractivity contribution is 5.47. The summed E-state index contributed by atoms with van der Waals surface area (Å²) in [6.45, 7) is 1.42. The summed E-state index contributed by atoms with van der Waals surface area (Å²) in [5.74, 6) is 0. The van der Waals surface area contributed by atoms with Crippen molar-refractivity contribution >= 4 is 0 Å². The summed E-state index contributed by atoms with van der Waals surface area (Å²) >= 11 is 0. The highest BCUT2D eigenvalue weighted by Crippen LogP contribution is 2.40. The molecule has 2 nitrogen and oxygen atoms in total. The van der Waals surface area contributed by atoms with Crippen LogP contribution in [0.1, 0.15) is 29.5 Å². The van der Waals surface area contributed by atoms with Crippen LogP contribution in [0, 0.1) is 0 Å². The van der Waals surface area contributed by atoms with Crippen molar-refractivity contribution in [1.82, 2.24) is 0 Å². The minimum atomic E-state index is -0.643. The van der Waals surface area contributed by atoms with Gasteiger partial charge in [0.05, 0.1) is 12.7 Å². The molecular weight excluding hydrogens is 320 g/mol. The van der Waals surface area contributed by atoms with Gasteiger partial charge in [0.15, 0.2) is 0 Å². The van der Waals surface area contributed by atoms with Gasteiger partial charge in [-0.15, -0.1) is 0 Å². The van der Waals surface area contributed by atoms with E-state index in [-0.39, 0.29) is 6.10 Å². The fraction of sp³-hybridized carbons (Fsp3) is 0.250. The molecule has 0 bridgehead atoms. The molecule has 1 heterocycles. The molecule has 1 saturated heterocycles. The highest BCUT2D eigenvalue weighted by atomic mass is 16.5. The Balaban J connectivity index is 1.84. The van der Waals surface area contributed by atoms with Gasteiger partial charge < -0.3 is 9.47 Å². The summed E-state index contributed by atoms with van der Waals surface area (Å²) < 4.78 is 12.6. The van der Waals surface area contributed by atoms with Gasteiger partial charge in [-0.05, 0) is 29.5 Å². The second kappa shape index (κ2) is 7.86. The van der Waals surface area contributed by atoms with E-state index in [4.69, 9.17) is 9.47 Å². The van der Waals surface area contributed by atoms with E-state index in [1.165, 1.54) is 0 Å². The first-order chi connectivity index (χ1) is 12.9. The molecule has 0 aliphatic carbocycles. The predicted molar refractivity (Wildman–Crippen MR) is 104 cm³/mol. The molecule has 1 fully saturated rings. The summed E-state index contributed by atoms with van der Waals surface area (Å²) in [5.41, 5.74) is 2.76. The Bertz CT molecular complexity index is 697. The van der Waals surface area contributed by atoms with E-state index in [9.17, 15) is 0 Å². The van der Waals surface area contributed by atoms with Crippen molar-refractivity contribution in [2.24, 2.45) is 0 Å². The summed E-state index contributed by atoms with van der Waals surface area (Å²) in [4.78, 5) is 0. The maximum absolute atomic E-state index is 6.75. The van der Waals surface area contributed by atoms with Gasteiger partial charge in [-0.3, -0.25) is 0 Å². The lowest BCUT2D eigenvalue weighted by molar-refractivity contribution is -0.0456. The fourth-order valence-corrected chi connectivity index (χ4v) is 3.76. The minimum Gasteiger partial charge on any atom is -0.376 e. The molecule has 0 amide bonds. The monoisotopic (exact) mass is 344 g/mol. The van der Waals surface area contributed by atoms with Crippen molar-refractivity contribution in [2.45, 2.75) is 24.5 Å². The zero-order chi connectivity index (χ0) is 17.7. The molecule has 3 aromatic rings. The van der Waals surface area contributed by atoms with E-state index >= 15 is 0 Å². The van der Waals surface area contributed by atoms with E-state index in [0.29, 0.717) is 6.61 Å². The van der Waals surface area contributed by atoms with Gasteiger partial charge in [0, 0.05) is 6.61 Å². The Morgan fingerprint density at radius 3 is 1.58 bits per heavy atom. The van der Waals surface area contributed by atoms with Crippen LogP contribution in [0.5, 0.6) is 0 Å². The predicted octanol–water partition coefficient (Wildman–Crippen LogP) is 5.17. The molecule has 1 aliphatic heterocycles. The van der Waals surface area contributed by atoms with E-state index in [1.807, 2.05) is 18.2 Å². The largest absolute Gasteiger partial charge is 0.376 e. The van der Waals surface area contributed by atoms with Gasteiger partial charge >= 0.3 is 0 Å². The van der Waals surface area contributed by atoms with Crippen molar-refractivity contribution in [2.75, 3.05) is 13.2 Å². The maximum Gasteiger partial charge on any atom is 0.143 e. The molecule has 0 saturated carbocycles. The summed E-state index contributed by atoms with van der Waals surface area (Å²) in [6, 6.07) is 31.5. The van der Waals surface area contributed by atoms with Crippen LogP contribution in [0.2, 0.25) is 0 Å². The van der Waals surface area contributed by atoms with Crippen molar-refractivity contribution in [1.29, 1.82) is 0 Å². The lowest BCUT2D eigenvalue weighted by atomic mass is 9.80.